The van der Waals surface area contributed by atoms with E-state index in [1.165, 1.54) is 32.1 Å². The van der Waals surface area contributed by atoms with Crippen molar-refractivity contribution in [2.24, 2.45) is 11.7 Å². The topological polar surface area (TPSA) is 52.3 Å². The smallest absolute Gasteiger partial charge is 0.305 e. The number of unbranched alkanes of at least 4 members (excludes halogenated alkanes) is 2. The van der Waals surface area contributed by atoms with Crippen LogP contribution in [0.15, 0.2) is 0 Å². The zero-order valence-corrected chi connectivity index (χ0v) is 10.2. The summed E-state index contributed by atoms with van der Waals surface area (Å²) >= 11 is 0. The van der Waals surface area contributed by atoms with Gasteiger partial charge >= 0.3 is 5.97 Å². The zero-order chi connectivity index (χ0) is 11.6. The Kier molecular flexibility index (Phi) is 7.23. The van der Waals surface area contributed by atoms with E-state index >= 15 is 0 Å². The van der Waals surface area contributed by atoms with E-state index in [0.29, 0.717) is 18.9 Å². The lowest BCUT2D eigenvalue weighted by Gasteiger charge is -2.20. The molecule has 3 nitrogen and oxygen atoms in total. The largest absolute Gasteiger partial charge is 0.465 e. The highest BCUT2D eigenvalue weighted by Gasteiger charge is 2.15. The fourth-order valence-electron chi connectivity index (χ4n) is 2.23. The van der Waals surface area contributed by atoms with Gasteiger partial charge in [-0.05, 0) is 38.1 Å². The summed E-state index contributed by atoms with van der Waals surface area (Å²) in [4.78, 5) is 11.4. The van der Waals surface area contributed by atoms with Gasteiger partial charge in [0.15, 0.2) is 0 Å². The molecule has 0 bridgehead atoms. The Hall–Kier alpha value is -0.570. The average molecular weight is 227 g/mol. The van der Waals surface area contributed by atoms with Crippen LogP contribution in [-0.2, 0) is 9.53 Å². The van der Waals surface area contributed by atoms with E-state index in [-0.39, 0.29) is 5.97 Å². The third kappa shape index (κ3) is 6.11. The Morgan fingerprint density at radius 2 is 1.88 bits per heavy atom. The summed E-state index contributed by atoms with van der Waals surface area (Å²) < 4.78 is 5.29. The van der Waals surface area contributed by atoms with Crippen LogP contribution < -0.4 is 5.73 Å². The second kappa shape index (κ2) is 8.57. The highest BCUT2D eigenvalue weighted by Crippen LogP contribution is 2.23. The lowest BCUT2D eigenvalue weighted by Crippen LogP contribution is -2.16. The van der Waals surface area contributed by atoms with Crippen LogP contribution in [0.5, 0.6) is 0 Å². The maximum absolute atomic E-state index is 11.4. The van der Waals surface area contributed by atoms with Crippen LogP contribution in [0.2, 0.25) is 0 Å². The number of hydrogen-bond donors (Lipinski definition) is 1. The van der Waals surface area contributed by atoms with Crippen LogP contribution >= 0.6 is 0 Å². The summed E-state index contributed by atoms with van der Waals surface area (Å²) in [5.41, 5.74) is 5.39. The van der Waals surface area contributed by atoms with Gasteiger partial charge in [0.05, 0.1) is 6.61 Å². The van der Waals surface area contributed by atoms with Crippen molar-refractivity contribution >= 4 is 5.97 Å². The minimum atomic E-state index is -0.0254. The van der Waals surface area contributed by atoms with Gasteiger partial charge in [0.25, 0.3) is 0 Å². The molecule has 2 N–H and O–H groups in total. The van der Waals surface area contributed by atoms with Crippen molar-refractivity contribution in [1.82, 2.24) is 0 Å². The summed E-state index contributed by atoms with van der Waals surface area (Å²) in [5, 5.41) is 0. The molecule has 1 aliphatic carbocycles. The molecule has 94 valence electrons. The molecule has 0 aliphatic heterocycles. The van der Waals surface area contributed by atoms with Crippen LogP contribution in [-0.4, -0.2) is 19.1 Å². The molecule has 0 saturated heterocycles. The Labute approximate surface area is 98.7 Å². The number of ether oxygens (including phenoxy) is 1. The predicted molar refractivity (Wildman–Crippen MR) is 65.1 cm³/mol. The maximum atomic E-state index is 11.4. The van der Waals surface area contributed by atoms with Crippen molar-refractivity contribution in [1.29, 1.82) is 0 Å². The first kappa shape index (κ1) is 13.5. The molecule has 3 heteroatoms. The lowest BCUT2D eigenvalue weighted by atomic mass is 9.90. The van der Waals surface area contributed by atoms with Crippen molar-refractivity contribution in [3.8, 4) is 0 Å². The molecule has 0 heterocycles. The van der Waals surface area contributed by atoms with Gasteiger partial charge in [-0.3, -0.25) is 4.79 Å². The fraction of sp³-hybridized carbons (Fsp3) is 0.923. The molecule has 0 aromatic carbocycles. The van der Waals surface area contributed by atoms with E-state index in [0.717, 1.165) is 25.8 Å². The Bertz CT molecular complexity index is 188. The molecule has 0 unspecified atom stereocenters. The Balaban J connectivity index is 1.96. The zero-order valence-electron chi connectivity index (χ0n) is 10.2. The highest BCUT2D eigenvalue weighted by molar-refractivity contribution is 5.69. The standard InChI is InChI=1S/C13H25NO2/c14-10-6-2-5-9-13(15)16-11-12-7-3-1-4-8-12/h12H,1-11,14H2. The molecule has 1 saturated carbocycles. The van der Waals surface area contributed by atoms with Gasteiger partial charge < -0.3 is 10.5 Å². The number of rotatable bonds is 7. The molecule has 1 aliphatic rings. The SMILES string of the molecule is NCCCCCC(=O)OCC1CCCCC1. The van der Waals surface area contributed by atoms with Gasteiger partial charge in [-0.25, -0.2) is 0 Å². The molecule has 0 aromatic heterocycles. The second-order valence-corrected chi connectivity index (χ2v) is 4.79. The van der Waals surface area contributed by atoms with Crippen molar-refractivity contribution in [3.05, 3.63) is 0 Å². The van der Waals surface area contributed by atoms with Gasteiger partial charge in [-0.2, -0.15) is 0 Å². The first-order chi connectivity index (χ1) is 7.83. The van der Waals surface area contributed by atoms with Crippen molar-refractivity contribution in [2.45, 2.75) is 57.8 Å². The summed E-state index contributed by atoms with van der Waals surface area (Å²) in [6.45, 7) is 1.37. The number of carbonyl (C=O) groups is 1. The van der Waals surface area contributed by atoms with Gasteiger partial charge in [-0.1, -0.05) is 25.7 Å². The fourth-order valence-corrected chi connectivity index (χ4v) is 2.23. The quantitative estimate of drug-likeness (QED) is 0.537. The lowest BCUT2D eigenvalue weighted by molar-refractivity contribution is -0.145. The monoisotopic (exact) mass is 227 g/mol. The number of carbonyl (C=O) groups excluding carboxylic acids is 1. The van der Waals surface area contributed by atoms with Crippen LogP contribution in [0.4, 0.5) is 0 Å². The highest BCUT2D eigenvalue weighted by atomic mass is 16.5. The molecular weight excluding hydrogens is 202 g/mol. The van der Waals surface area contributed by atoms with Gasteiger partial charge in [-0.15, -0.1) is 0 Å². The molecule has 0 amide bonds. The summed E-state index contributed by atoms with van der Waals surface area (Å²) in [5.74, 6) is 0.601. The Morgan fingerprint density at radius 1 is 1.12 bits per heavy atom. The van der Waals surface area contributed by atoms with E-state index in [9.17, 15) is 4.79 Å². The number of hydrogen-bond acceptors (Lipinski definition) is 3. The van der Waals surface area contributed by atoms with Crippen LogP contribution in [0.3, 0.4) is 0 Å². The minimum absolute atomic E-state index is 0.0254. The van der Waals surface area contributed by atoms with Gasteiger partial charge in [0.2, 0.25) is 0 Å². The van der Waals surface area contributed by atoms with Crippen LogP contribution in [0.25, 0.3) is 0 Å². The minimum Gasteiger partial charge on any atom is -0.465 e. The van der Waals surface area contributed by atoms with E-state index in [4.69, 9.17) is 10.5 Å². The van der Waals surface area contributed by atoms with Crippen molar-refractivity contribution in [3.63, 3.8) is 0 Å². The maximum Gasteiger partial charge on any atom is 0.305 e. The molecule has 1 fully saturated rings. The molecule has 0 aromatic rings. The van der Waals surface area contributed by atoms with Crippen molar-refractivity contribution in [2.75, 3.05) is 13.2 Å². The van der Waals surface area contributed by atoms with Gasteiger partial charge in [0, 0.05) is 6.42 Å². The molecule has 0 radical (unpaired) electrons. The normalized spacial score (nSPS) is 17.3. The van der Waals surface area contributed by atoms with E-state index < -0.39 is 0 Å². The molecule has 0 atom stereocenters. The molecule has 0 spiro atoms. The first-order valence-corrected chi connectivity index (χ1v) is 6.68. The summed E-state index contributed by atoms with van der Waals surface area (Å²) in [6.07, 6.45) is 9.96. The predicted octanol–water partition coefficient (Wildman–Crippen LogP) is 2.63. The first-order valence-electron chi connectivity index (χ1n) is 6.68. The summed E-state index contributed by atoms with van der Waals surface area (Å²) in [6, 6.07) is 0. The van der Waals surface area contributed by atoms with E-state index in [1.807, 2.05) is 0 Å². The van der Waals surface area contributed by atoms with Crippen LogP contribution in [0, 0.1) is 5.92 Å². The van der Waals surface area contributed by atoms with Gasteiger partial charge in [0.1, 0.15) is 0 Å². The van der Waals surface area contributed by atoms with Crippen LogP contribution in [0.1, 0.15) is 57.8 Å². The molecular formula is C13H25NO2. The van der Waals surface area contributed by atoms with E-state index in [1.54, 1.807) is 0 Å². The molecule has 1 rings (SSSR count). The summed E-state index contributed by atoms with van der Waals surface area (Å²) in [7, 11) is 0. The average Bonchev–Trinajstić information content (AvgIpc) is 2.33. The molecule has 16 heavy (non-hydrogen) atoms. The third-order valence-electron chi connectivity index (χ3n) is 3.29. The Morgan fingerprint density at radius 3 is 2.56 bits per heavy atom. The number of nitrogens with two attached hydrogens (primary N) is 1. The number of esters is 1. The van der Waals surface area contributed by atoms with Crippen molar-refractivity contribution < 1.29 is 9.53 Å². The van der Waals surface area contributed by atoms with E-state index in [2.05, 4.69) is 0 Å². The third-order valence-corrected chi connectivity index (χ3v) is 3.29. The second-order valence-electron chi connectivity index (χ2n) is 4.79.